The molecular weight excluding hydrogens is 502 g/mol. The summed E-state index contributed by atoms with van der Waals surface area (Å²) in [6, 6.07) is 9.76. The number of benzene rings is 1. The first kappa shape index (κ1) is 22.3. The van der Waals surface area contributed by atoms with Crippen molar-refractivity contribution in [2.24, 2.45) is 4.99 Å². The molecule has 2 aromatic heterocycles. The maximum Gasteiger partial charge on any atom is 0.434 e. The van der Waals surface area contributed by atoms with E-state index in [1.54, 1.807) is 6.20 Å². The van der Waals surface area contributed by atoms with Crippen molar-refractivity contribution in [3.63, 3.8) is 0 Å². The highest BCUT2D eigenvalue weighted by Crippen LogP contribution is 2.29. The van der Waals surface area contributed by atoms with E-state index in [1.807, 2.05) is 37.3 Å². The van der Waals surface area contributed by atoms with Crippen molar-refractivity contribution in [2.45, 2.75) is 26.2 Å². The van der Waals surface area contributed by atoms with E-state index in [1.165, 1.54) is 0 Å². The molecule has 0 atom stereocenters. The number of fused-ring (bicyclic) bond motifs is 1. The van der Waals surface area contributed by atoms with Crippen LogP contribution in [0.2, 0.25) is 0 Å². The Hall–Kier alpha value is -1.95. The molecule has 0 aliphatic rings. The maximum absolute atomic E-state index is 12.6. The lowest BCUT2D eigenvalue weighted by atomic mass is 10.1. The smallest absolute Gasteiger partial charge is 0.357 e. The molecule has 0 amide bonds. The number of rotatable bonds is 5. The Bertz CT molecular complexity index is 937. The fraction of sp³-hybridized carbons (Fsp3) is 0.278. The second-order valence-electron chi connectivity index (χ2n) is 5.67. The highest BCUT2D eigenvalue weighted by molar-refractivity contribution is 14.0. The van der Waals surface area contributed by atoms with Crippen LogP contribution in [0.25, 0.3) is 10.9 Å². The van der Waals surface area contributed by atoms with Crippen LogP contribution >= 0.6 is 35.3 Å². The van der Waals surface area contributed by atoms with Crippen molar-refractivity contribution in [1.82, 2.24) is 20.6 Å². The number of nitrogens with one attached hydrogen (secondary N) is 2. The second-order valence-corrected chi connectivity index (χ2v) is 6.61. The van der Waals surface area contributed by atoms with Gasteiger partial charge in [-0.2, -0.15) is 13.2 Å². The summed E-state index contributed by atoms with van der Waals surface area (Å²) in [7, 11) is 0. The third-order valence-electron chi connectivity index (χ3n) is 3.72. The van der Waals surface area contributed by atoms with Gasteiger partial charge in [0.1, 0.15) is 5.01 Å². The third-order valence-corrected chi connectivity index (χ3v) is 4.57. The number of aromatic nitrogens is 2. The van der Waals surface area contributed by atoms with Crippen LogP contribution in [0.1, 0.15) is 23.2 Å². The largest absolute Gasteiger partial charge is 0.434 e. The Morgan fingerprint density at radius 2 is 1.96 bits per heavy atom. The summed E-state index contributed by atoms with van der Waals surface area (Å²) in [4.78, 5) is 12.5. The summed E-state index contributed by atoms with van der Waals surface area (Å²) >= 11 is 0.966. The topological polar surface area (TPSA) is 62.2 Å². The van der Waals surface area contributed by atoms with E-state index >= 15 is 0 Å². The van der Waals surface area contributed by atoms with E-state index in [2.05, 4.69) is 25.6 Å². The molecule has 0 spiro atoms. The van der Waals surface area contributed by atoms with Crippen molar-refractivity contribution in [3.8, 4) is 0 Å². The lowest BCUT2D eigenvalue weighted by Crippen LogP contribution is -2.36. The molecule has 10 heteroatoms. The number of hydrogen-bond acceptors (Lipinski definition) is 4. The summed E-state index contributed by atoms with van der Waals surface area (Å²) in [6.45, 7) is 3.11. The third kappa shape index (κ3) is 5.77. The normalized spacial score (nSPS) is 11.9. The van der Waals surface area contributed by atoms with Gasteiger partial charge in [-0.1, -0.05) is 24.3 Å². The van der Waals surface area contributed by atoms with Gasteiger partial charge in [-0.05, 0) is 18.6 Å². The molecule has 2 N–H and O–H groups in total. The van der Waals surface area contributed by atoms with Gasteiger partial charge in [-0.3, -0.25) is 4.98 Å². The van der Waals surface area contributed by atoms with Gasteiger partial charge in [-0.15, -0.1) is 35.3 Å². The zero-order valence-corrected chi connectivity index (χ0v) is 18.1. The van der Waals surface area contributed by atoms with Crippen molar-refractivity contribution in [3.05, 3.63) is 58.2 Å². The van der Waals surface area contributed by atoms with Crippen molar-refractivity contribution in [2.75, 3.05) is 6.54 Å². The summed E-state index contributed by atoms with van der Waals surface area (Å²) in [5, 5.41) is 8.50. The van der Waals surface area contributed by atoms with Crippen LogP contribution in [0.3, 0.4) is 0 Å². The van der Waals surface area contributed by atoms with Crippen LogP contribution in [0.4, 0.5) is 13.2 Å². The quantitative estimate of drug-likeness (QED) is 0.293. The minimum absolute atomic E-state index is 0. The first-order chi connectivity index (χ1) is 13.0. The molecule has 0 saturated heterocycles. The van der Waals surface area contributed by atoms with Gasteiger partial charge in [0.05, 0.1) is 18.6 Å². The van der Waals surface area contributed by atoms with E-state index in [0.717, 1.165) is 33.2 Å². The molecule has 150 valence electrons. The Kier molecular flexibility index (Phi) is 7.98. The highest BCUT2D eigenvalue weighted by Gasteiger charge is 2.33. The summed E-state index contributed by atoms with van der Waals surface area (Å²) in [5.74, 6) is 0.509. The van der Waals surface area contributed by atoms with Gasteiger partial charge in [0.25, 0.3) is 0 Å². The predicted molar refractivity (Wildman–Crippen MR) is 116 cm³/mol. The van der Waals surface area contributed by atoms with E-state index < -0.39 is 11.9 Å². The van der Waals surface area contributed by atoms with Gasteiger partial charge >= 0.3 is 6.18 Å². The molecule has 1 aromatic carbocycles. The molecule has 0 bridgehead atoms. The van der Waals surface area contributed by atoms with E-state index in [0.29, 0.717) is 24.1 Å². The number of pyridine rings is 1. The zero-order valence-electron chi connectivity index (χ0n) is 15.0. The highest BCUT2D eigenvalue weighted by atomic mass is 127. The predicted octanol–water partition coefficient (Wildman–Crippen LogP) is 4.58. The summed E-state index contributed by atoms with van der Waals surface area (Å²) < 4.78 is 37.9. The minimum atomic E-state index is -4.42. The molecule has 0 radical (unpaired) electrons. The van der Waals surface area contributed by atoms with Crippen molar-refractivity contribution in [1.29, 1.82) is 0 Å². The molecule has 3 rings (SSSR count). The zero-order chi connectivity index (χ0) is 19.3. The van der Waals surface area contributed by atoms with Crippen LogP contribution in [-0.2, 0) is 19.3 Å². The lowest BCUT2D eigenvalue weighted by Gasteiger charge is -2.10. The Morgan fingerprint density at radius 3 is 2.68 bits per heavy atom. The van der Waals surface area contributed by atoms with Crippen LogP contribution in [-0.4, -0.2) is 22.5 Å². The Morgan fingerprint density at radius 1 is 1.18 bits per heavy atom. The molecule has 2 heterocycles. The monoisotopic (exact) mass is 521 g/mol. The van der Waals surface area contributed by atoms with E-state index in [9.17, 15) is 13.2 Å². The second kappa shape index (κ2) is 10.0. The maximum atomic E-state index is 12.6. The number of aliphatic imine (C=N–C) groups is 1. The van der Waals surface area contributed by atoms with Gasteiger partial charge in [0.2, 0.25) is 0 Å². The molecule has 3 aromatic rings. The molecule has 0 unspecified atom stereocenters. The van der Waals surface area contributed by atoms with Gasteiger partial charge < -0.3 is 10.6 Å². The SMILES string of the molecule is CCNC(=NCc1cccc2cccnc12)NCc1nc(C(F)(F)F)cs1.I. The fourth-order valence-electron chi connectivity index (χ4n) is 2.48. The van der Waals surface area contributed by atoms with Gasteiger partial charge in [-0.25, -0.2) is 9.98 Å². The number of nitrogens with zero attached hydrogens (tertiary/aromatic N) is 3. The molecule has 5 nitrogen and oxygen atoms in total. The first-order valence-electron chi connectivity index (χ1n) is 8.33. The number of thiazole rings is 1. The molecular formula is C18H19F3IN5S. The van der Waals surface area contributed by atoms with Crippen LogP contribution in [0, 0.1) is 0 Å². The fourth-order valence-corrected chi connectivity index (χ4v) is 3.22. The molecule has 0 fully saturated rings. The van der Waals surface area contributed by atoms with Crippen molar-refractivity contribution >= 4 is 52.2 Å². The van der Waals surface area contributed by atoms with Gasteiger partial charge in [0.15, 0.2) is 11.7 Å². The van der Waals surface area contributed by atoms with E-state index in [4.69, 9.17) is 0 Å². The number of alkyl halides is 3. The average molecular weight is 521 g/mol. The molecule has 0 aliphatic heterocycles. The van der Waals surface area contributed by atoms with E-state index in [-0.39, 0.29) is 30.5 Å². The van der Waals surface area contributed by atoms with Crippen LogP contribution in [0.15, 0.2) is 46.9 Å². The Balaban J connectivity index is 0.00000280. The number of guanidine groups is 1. The number of para-hydroxylation sites is 1. The summed E-state index contributed by atoms with van der Waals surface area (Å²) in [6.07, 6.45) is -2.69. The number of halogens is 4. The standard InChI is InChI=1S/C18H18F3N5S.HI/c1-2-22-17(25-10-15-26-14(11-27-15)18(19,20)21)24-9-13-6-3-5-12-7-4-8-23-16(12)13;/h3-8,11H,2,9-10H2,1H3,(H2,22,24,25);1H. The molecule has 28 heavy (non-hydrogen) atoms. The lowest BCUT2D eigenvalue weighted by molar-refractivity contribution is -0.140. The minimum Gasteiger partial charge on any atom is -0.357 e. The molecule has 0 saturated carbocycles. The first-order valence-corrected chi connectivity index (χ1v) is 9.21. The van der Waals surface area contributed by atoms with Crippen molar-refractivity contribution < 1.29 is 13.2 Å². The summed E-state index contributed by atoms with van der Waals surface area (Å²) in [5.41, 5.74) is 0.987. The molecule has 0 aliphatic carbocycles. The van der Waals surface area contributed by atoms with Crippen LogP contribution < -0.4 is 10.6 Å². The van der Waals surface area contributed by atoms with Gasteiger partial charge in [0, 0.05) is 23.5 Å². The van der Waals surface area contributed by atoms with Crippen LogP contribution in [0.5, 0.6) is 0 Å². The Labute approximate surface area is 181 Å². The number of hydrogen-bond donors (Lipinski definition) is 2. The average Bonchev–Trinajstić information content (AvgIpc) is 3.13.